The first-order valence-electron chi connectivity index (χ1n) is 9.50. The fourth-order valence-electron chi connectivity index (χ4n) is 3.74. The van der Waals surface area contributed by atoms with Gasteiger partial charge in [-0.15, -0.1) is 0 Å². The topological polar surface area (TPSA) is 96.2 Å². The van der Waals surface area contributed by atoms with Gasteiger partial charge in [0.15, 0.2) is 0 Å². The SMILES string of the molecule is COc1ccc(P2(=S)NC3=C(C(=S)S2)C(c2ccccc2)c2c([nH]c(=O)[nH]c2=O)O3)cc1. The highest BCUT2D eigenvalue weighted by molar-refractivity contribution is 8.79. The van der Waals surface area contributed by atoms with Crippen LogP contribution in [0.25, 0.3) is 0 Å². The van der Waals surface area contributed by atoms with Gasteiger partial charge >= 0.3 is 5.69 Å². The van der Waals surface area contributed by atoms with E-state index in [0.717, 1.165) is 16.6 Å². The van der Waals surface area contributed by atoms with Crippen molar-refractivity contribution in [1.29, 1.82) is 0 Å². The van der Waals surface area contributed by atoms with E-state index < -0.39 is 22.6 Å². The summed E-state index contributed by atoms with van der Waals surface area (Å²) in [5.41, 5.74) is 0.657. The van der Waals surface area contributed by atoms with Crippen LogP contribution in [0.3, 0.4) is 0 Å². The van der Waals surface area contributed by atoms with E-state index in [1.54, 1.807) is 7.11 Å². The second-order valence-electron chi connectivity index (χ2n) is 7.08. The van der Waals surface area contributed by atoms with Crippen LogP contribution < -0.4 is 31.1 Å². The zero-order valence-corrected chi connectivity index (χ0v) is 19.9. The minimum atomic E-state index is -2.45. The summed E-state index contributed by atoms with van der Waals surface area (Å²) >= 11 is 13.3. The van der Waals surface area contributed by atoms with Gasteiger partial charge in [-0.3, -0.25) is 14.8 Å². The number of methoxy groups -OCH3 is 1. The average Bonchev–Trinajstić information content (AvgIpc) is 2.78. The van der Waals surface area contributed by atoms with E-state index in [2.05, 4.69) is 15.1 Å². The van der Waals surface area contributed by atoms with Gasteiger partial charge in [0.25, 0.3) is 5.56 Å². The van der Waals surface area contributed by atoms with Crippen molar-refractivity contribution >= 4 is 50.3 Å². The Labute approximate surface area is 197 Å². The van der Waals surface area contributed by atoms with Crippen LogP contribution >= 0.6 is 29.0 Å². The summed E-state index contributed by atoms with van der Waals surface area (Å²) in [6.45, 7) is 0. The number of aromatic amines is 2. The Bertz CT molecular complexity index is 1430. The van der Waals surface area contributed by atoms with Crippen molar-refractivity contribution in [2.24, 2.45) is 0 Å². The molecule has 2 aromatic carbocycles. The van der Waals surface area contributed by atoms with Crippen LogP contribution in [-0.2, 0) is 11.8 Å². The fraction of sp³-hybridized carbons (Fsp3) is 0.0952. The molecule has 162 valence electrons. The third kappa shape index (κ3) is 3.53. The molecule has 0 saturated carbocycles. The third-order valence-corrected chi connectivity index (χ3v) is 12.0. The van der Waals surface area contributed by atoms with Crippen LogP contribution in [0.15, 0.2) is 75.6 Å². The Morgan fingerprint density at radius 2 is 1.78 bits per heavy atom. The summed E-state index contributed by atoms with van der Waals surface area (Å²) in [7, 11) is 1.60. The summed E-state index contributed by atoms with van der Waals surface area (Å²) in [4.78, 5) is 29.6. The molecule has 0 amide bonds. The first kappa shape index (κ1) is 21.2. The number of H-pyrrole nitrogens is 2. The van der Waals surface area contributed by atoms with Crippen molar-refractivity contribution in [2.45, 2.75) is 5.92 Å². The van der Waals surface area contributed by atoms with Gasteiger partial charge in [0.2, 0.25) is 11.8 Å². The Hall–Kier alpha value is -2.65. The standard InChI is InChI=1S/C21H16N3O4PS3/c1-27-12-7-9-13(10-8-12)29(31)24-19-16(20(30)32-29)14(11-5-3-2-4-6-11)15-17(25)22-21(26)23-18(15)28-19/h2-10,14H,1H3,(H,24,31)(H2,22,23,25,26). The number of rotatable bonds is 3. The number of nitrogens with one attached hydrogen (secondary N) is 3. The minimum Gasteiger partial charge on any atom is -0.497 e. The second-order valence-corrected chi connectivity index (χ2v) is 14.7. The van der Waals surface area contributed by atoms with E-state index in [4.69, 9.17) is 33.5 Å². The molecule has 2 aliphatic rings. The molecule has 11 heteroatoms. The Balaban J connectivity index is 1.68. The Morgan fingerprint density at radius 3 is 2.47 bits per heavy atom. The molecule has 5 rings (SSSR count). The normalized spacial score (nSPS) is 21.8. The number of ether oxygens (including phenoxy) is 2. The van der Waals surface area contributed by atoms with Crippen molar-refractivity contribution < 1.29 is 9.47 Å². The maximum atomic E-state index is 12.8. The van der Waals surface area contributed by atoms with Crippen LogP contribution in [-0.4, -0.2) is 21.3 Å². The Kier molecular flexibility index (Phi) is 5.33. The lowest BCUT2D eigenvalue weighted by Gasteiger charge is -2.37. The van der Waals surface area contributed by atoms with Crippen molar-refractivity contribution in [1.82, 2.24) is 15.1 Å². The van der Waals surface area contributed by atoms with Gasteiger partial charge in [0.05, 0.1) is 22.8 Å². The number of benzene rings is 2. The van der Waals surface area contributed by atoms with Crippen LogP contribution in [0.2, 0.25) is 0 Å². The molecular formula is C21H16N3O4PS3. The van der Waals surface area contributed by atoms with Gasteiger partial charge in [-0.1, -0.05) is 65.7 Å². The Morgan fingerprint density at radius 1 is 1.06 bits per heavy atom. The van der Waals surface area contributed by atoms with Crippen molar-refractivity contribution in [3.05, 3.63) is 98.0 Å². The lowest BCUT2D eigenvalue weighted by Crippen LogP contribution is -2.38. The summed E-state index contributed by atoms with van der Waals surface area (Å²) < 4.78 is 11.8. The molecule has 0 bridgehead atoms. The number of hydrogen-bond acceptors (Lipinski definition) is 7. The molecule has 3 N–H and O–H groups in total. The first-order chi connectivity index (χ1) is 15.4. The molecule has 2 atom stereocenters. The number of fused-ring (bicyclic) bond motifs is 1. The van der Waals surface area contributed by atoms with Gasteiger partial charge in [0, 0.05) is 10.9 Å². The van der Waals surface area contributed by atoms with Crippen LogP contribution in [0.5, 0.6) is 11.6 Å². The zero-order chi connectivity index (χ0) is 22.5. The van der Waals surface area contributed by atoms with E-state index in [1.165, 1.54) is 11.4 Å². The minimum absolute atomic E-state index is 0.0878. The van der Waals surface area contributed by atoms with E-state index in [9.17, 15) is 9.59 Å². The molecule has 0 fully saturated rings. The molecule has 0 radical (unpaired) electrons. The van der Waals surface area contributed by atoms with Gasteiger partial charge in [0.1, 0.15) is 11.1 Å². The van der Waals surface area contributed by atoms with Crippen molar-refractivity contribution in [2.75, 3.05) is 7.11 Å². The molecule has 0 spiro atoms. The van der Waals surface area contributed by atoms with Crippen LogP contribution in [0.4, 0.5) is 0 Å². The molecule has 7 nitrogen and oxygen atoms in total. The van der Waals surface area contributed by atoms with E-state index in [-0.39, 0.29) is 5.88 Å². The first-order valence-corrected chi connectivity index (χ1v) is 14.1. The monoisotopic (exact) mass is 501 g/mol. The number of thiocarbonyl (C=S) groups is 1. The molecule has 3 aromatic rings. The van der Waals surface area contributed by atoms with Gasteiger partial charge in [-0.25, -0.2) is 4.79 Å². The molecule has 2 unspecified atom stereocenters. The summed E-state index contributed by atoms with van der Waals surface area (Å²) in [6, 6.07) is 17.0. The zero-order valence-electron chi connectivity index (χ0n) is 16.6. The predicted molar refractivity (Wildman–Crippen MR) is 134 cm³/mol. The van der Waals surface area contributed by atoms with Gasteiger partial charge in [-0.2, -0.15) is 0 Å². The summed E-state index contributed by atoms with van der Waals surface area (Å²) in [5, 5.41) is 1.83. The maximum absolute atomic E-state index is 12.8. The molecule has 0 aliphatic carbocycles. The highest BCUT2D eigenvalue weighted by Crippen LogP contribution is 2.62. The molecule has 2 aliphatic heterocycles. The second kappa shape index (κ2) is 8.04. The van der Waals surface area contributed by atoms with Crippen molar-refractivity contribution in [3.8, 4) is 11.6 Å². The number of aromatic nitrogens is 2. The summed E-state index contributed by atoms with van der Waals surface area (Å²) in [6.07, 6.45) is 0. The summed E-state index contributed by atoms with van der Waals surface area (Å²) in [5.74, 6) is 0.673. The largest absolute Gasteiger partial charge is 0.497 e. The van der Waals surface area contributed by atoms with Crippen molar-refractivity contribution in [3.63, 3.8) is 0 Å². The lowest BCUT2D eigenvalue weighted by molar-refractivity contribution is 0.364. The van der Waals surface area contributed by atoms with E-state index in [0.29, 0.717) is 21.2 Å². The predicted octanol–water partition coefficient (Wildman–Crippen LogP) is 3.11. The molecule has 32 heavy (non-hydrogen) atoms. The van der Waals surface area contributed by atoms with Crippen LogP contribution in [0.1, 0.15) is 17.0 Å². The van der Waals surface area contributed by atoms with Gasteiger partial charge < -0.3 is 14.6 Å². The highest BCUT2D eigenvalue weighted by atomic mass is 32.9. The maximum Gasteiger partial charge on any atom is 0.328 e. The highest BCUT2D eigenvalue weighted by Gasteiger charge is 2.42. The lowest BCUT2D eigenvalue weighted by atomic mass is 9.85. The number of hydrogen-bond donors (Lipinski definition) is 3. The van der Waals surface area contributed by atoms with Crippen LogP contribution in [0, 0.1) is 0 Å². The smallest absolute Gasteiger partial charge is 0.328 e. The molecule has 0 saturated heterocycles. The average molecular weight is 502 g/mol. The van der Waals surface area contributed by atoms with E-state index >= 15 is 0 Å². The fourth-order valence-corrected chi connectivity index (χ4v) is 10.5. The third-order valence-electron chi connectivity index (χ3n) is 5.19. The molecular weight excluding hydrogens is 485 g/mol. The molecule has 1 aromatic heterocycles. The van der Waals surface area contributed by atoms with Gasteiger partial charge in [-0.05, 0) is 29.8 Å². The molecule has 3 heterocycles. The van der Waals surface area contributed by atoms with E-state index in [1.807, 2.05) is 54.6 Å². The quantitative estimate of drug-likeness (QED) is 0.372.